The normalized spacial score (nSPS) is 19.4. The summed E-state index contributed by atoms with van der Waals surface area (Å²) in [5, 5.41) is 17.5. The van der Waals surface area contributed by atoms with Crippen molar-refractivity contribution in [2.24, 2.45) is 15.9 Å². The van der Waals surface area contributed by atoms with Crippen LogP contribution in [-0.2, 0) is 9.53 Å². The number of para-hydroxylation sites is 1. The number of nitro benzene ring substituents is 1. The number of carbonyl (C=O) groups excluding carboxylic acids is 1. The van der Waals surface area contributed by atoms with Crippen LogP contribution >= 0.6 is 0 Å². The van der Waals surface area contributed by atoms with Gasteiger partial charge in [0, 0.05) is 17.5 Å². The van der Waals surface area contributed by atoms with Crippen LogP contribution in [0.5, 0.6) is 0 Å². The van der Waals surface area contributed by atoms with E-state index in [0.717, 1.165) is 0 Å². The third kappa shape index (κ3) is 4.17. The van der Waals surface area contributed by atoms with Crippen LogP contribution in [0.4, 0.5) is 24.5 Å². The highest BCUT2D eigenvalue weighted by Crippen LogP contribution is 2.61. The number of hydrazone groups is 1. The lowest BCUT2D eigenvalue weighted by molar-refractivity contribution is -0.384. The molecule has 1 aliphatic heterocycles. The van der Waals surface area contributed by atoms with E-state index in [0.29, 0.717) is 29.8 Å². The average Bonchev–Trinajstić information content (AvgIpc) is 3.46. The van der Waals surface area contributed by atoms with Gasteiger partial charge in [0.05, 0.1) is 27.8 Å². The molecule has 2 aromatic carbocycles. The molecule has 0 aromatic heterocycles. The molecule has 0 radical (unpaired) electrons. The molecule has 174 valence electrons. The molecule has 2 aromatic rings. The second kappa shape index (κ2) is 7.86. The molecule has 1 unspecified atom stereocenters. The van der Waals surface area contributed by atoms with E-state index in [-0.39, 0.29) is 5.69 Å². The average molecular weight is 461 g/mol. The molecule has 1 saturated carbocycles. The van der Waals surface area contributed by atoms with E-state index in [4.69, 9.17) is 5.10 Å². The lowest BCUT2D eigenvalue weighted by Gasteiger charge is -2.39. The molecular weight excluding hydrogens is 439 g/mol. The molecular formula is C23H22F3N3O4. The molecule has 7 nitrogen and oxygen atoms in total. The van der Waals surface area contributed by atoms with Gasteiger partial charge in [0.2, 0.25) is 0 Å². The van der Waals surface area contributed by atoms with E-state index in [1.807, 2.05) is 18.2 Å². The highest BCUT2D eigenvalue weighted by molar-refractivity contribution is 6.10. The minimum absolute atomic E-state index is 0.0604. The Bertz CT molecular complexity index is 1090. The number of nitrogens with zero attached hydrogens (tertiary/aromatic N) is 3. The Kier molecular flexibility index (Phi) is 5.42. The van der Waals surface area contributed by atoms with E-state index >= 15 is 0 Å². The van der Waals surface area contributed by atoms with Gasteiger partial charge in [0.15, 0.2) is 6.61 Å². The maximum atomic E-state index is 12.9. The van der Waals surface area contributed by atoms with Gasteiger partial charge in [-0.3, -0.25) is 19.9 Å². The fraction of sp³-hybridized carbons (Fsp3) is 0.391. The van der Waals surface area contributed by atoms with E-state index in [1.54, 1.807) is 43.1 Å². The van der Waals surface area contributed by atoms with Gasteiger partial charge >= 0.3 is 12.1 Å². The molecule has 10 heteroatoms. The number of anilines is 1. The van der Waals surface area contributed by atoms with Gasteiger partial charge in [0.25, 0.3) is 5.69 Å². The Morgan fingerprint density at radius 1 is 1.15 bits per heavy atom. The third-order valence-corrected chi connectivity index (χ3v) is 6.18. The van der Waals surface area contributed by atoms with E-state index < -0.39 is 40.5 Å². The fourth-order valence-corrected chi connectivity index (χ4v) is 4.59. The Hall–Kier alpha value is -3.43. The number of halogens is 3. The molecule has 0 amide bonds. The summed E-state index contributed by atoms with van der Waals surface area (Å²) in [6, 6.07) is 14.4. The van der Waals surface area contributed by atoms with Crippen LogP contribution in [-0.4, -0.2) is 35.4 Å². The number of benzene rings is 2. The van der Waals surface area contributed by atoms with E-state index in [9.17, 15) is 28.1 Å². The summed E-state index contributed by atoms with van der Waals surface area (Å²) < 4.78 is 42.8. The maximum absolute atomic E-state index is 12.9. The van der Waals surface area contributed by atoms with Gasteiger partial charge in [-0.2, -0.15) is 18.3 Å². The number of non-ortho nitro benzene ring substituents is 1. The van der Waals surface area contributed by atoms with Crippen molar-refractivity contribution >= 4 is 23.1 Å². The largest absolute Gasteiger partial charge is 0.456 e. The van der Waals surface area contributed by atoms with Crippen molar-refractivity contribution in [2.75, 3.05) is 11.6 Å². The summed E-state index contributed by atoms with van der Waals surface area (Å²) in [7, 11) is 0. The van der Waals surface area contributed by atoms with Crippen LogP contribution in [0.15, 0.2) is 59.7 Å². The minimum Gasteiger partial charge on any atom is -0.456 e. The first kappa shape index (κ1) is 22.8. The van der Waals surface area contributed by atoms with Crippen molar-refractivity contribution in [3.63, 3.8) is 0 Å². The van der Waals surface area contributed by atoms with Crippen LogP contribution in [0.1, 0.15) is 32.3 Å². The molecule has 1 aliphatic carbocycles. The summed E-state index contributed by atoms with van der Waals surface area (Å²) >= 11 is 0. The van der Waals surface area contributed by atoms with Crippen molar-refractivity contribution in [3.05, 3.63) is 70.3 Å². The summed E-state index contributed by atoms with van der Waals surface area (Å²) in [6.07, 6.45) is -3.28. The number of alkyl halides is 3. The first-order valence-corrected chi connectivity index (χ1v) is 10.4. The number of nitro groups is 1. The zero-order chi connectivity index (χ0) is 24.0. The van der Waals surface area contributed by atoms with Crippen molar-refractivity contribution in [3.8, 4) is 0 Å². The van der Waals surface area contributed by atoms with Crippen molar-refractivity contribution in [1.29, 1.82) is 0 Å². The number of hydrogen-bond donors (Lipinski definition) is 0. The molecule has 1 heterocycles. The van der Waals surface area contributed by atoms with Crippen molar-refractivity contribution in [2.45, 2.75) is 38.9 Å². The fourth-order valence-electron chi connectivity index (χ4n) is 4.59. The quantitative estimate of drug-likeness (QED) is 0.340. The molecule has 0 saturated heterocycles. The van der Waals surface area contributed by atoms with Gasteiger partial charge in [-0.15, -0.1) is 0 Å². The molecule has 0 bridgehead atoms. The second-order valence-corrected chi connectivity index (χ2v) is 8.90. The first-order chi connectivity index (χ1) is 15.5. The Labute approximate surface area is 188 Å². The molecule has 2 aliphatic rings. The molecule has 1 atom stereocenters. The number of ether oxygens (including phenoxy) is 1. The first-order valence-electron chi connectivity index (χ1n) is 10.4. The smallest absolute Gasteiger partial charge is 0.422 e. The van der Waals surface area contributed by atoms with Crippen LogP contribution in [0.2, 0.25) is 0 Å². The monoisotopic (exact) mass is 461 g/mol. The lowest BCUT2D eigenvalue weighted by atomic mass is 9.72. The van der Waals surface area contributed by atoms with Gasteiger partial charge < -0.3 is 4.74 Å². The third-order valence-electron chi connectivity index (χ3n) is 6.18. The van der Waals surface area contributed by atoms with Gasteiger partial charge in [-0.05, 0) is 56.5 Å². The molecule has 4 rings (SSSR count). The second-order valence-electron chi connectivity index (χ2n) is 8.90. The molecule has 1 fully saturated rings. The zero-order valence-electron chi connectivity index (χ0n) is 18.0. The summed E-state index contributed by atoms with van der Waals surface area (Å²) in [4.78, 5) is 23.4. The Morgan fingerprint density at radius 3 is 2.27 bits per heavy atom. The van der Waals surface area contributed by atoms with Gasteiger partial charge in [-0.1, -0.05) is 18.2 Å². The highest BCUT2D eigenvalue weighted by atomic mass is 19.4. The number of hydrogen-bond acceptors (Lipinski definition) is 6. The predicted molar refractivity (Wildman–Crippen MR) is 115 cm³/mol. The van der Waals surface area contributed by atoms with E-state index in [2.05, 4.69) is 4.74 Å². The van der Waals surface area contributed by atoms with Crippen LogP contribution in [0.25, 0.3) is 0 Å². The summed E-state index contributed by atoms with van der Waals surface area (Å²) in [6.45, 7) is 1.48. The van der Waals surface area contributed by atoms with Crippen LogP contribution in [0, 0.1) is 20.9 Å². The lowest BCUT2D eigenvalue weighted by Crippen LogP contribution is -2.51. The SMILES string of the molecule is CC(C)(C(=O)OCC(F)(F)F)C1N(c2ccccc2)N=C(c2ccc([N+](=O)[O-])cc2)C12CC2. The van der Waals surface area contributed by atoms with Crippen LogP contribution in [0.3, 0.4) is 0 Å². The number of rotatable bonds is 6. The summed E-state index contributed by atoms with van der Waals surface area (Å²) in [5.41, 5.74) is 0.0251. The van der Waals surface area contributed by atoms with E-state index in [1.165, 1.54) is 12.1 Å². The molecule has 1 spiro atoms. The number of esters is 1. The summed E-state index contributed by atoms with van der Waals surface area (Å²) in [5.74, 6) is -0.961. The molecule has 33 heavy (non-hydrogen) atoms. The maximum Gasteiger partial charge on any atom is 0.422 e. The van der Waals surface area contributed by atoms with Gasteiger partial charge in [-0.25, -0.2) is 0 Å². The highest BCUT2D eigenvalue weighted by Gasteiger charge is 2.66. The zero-order valence-corrected chi connectivity index (χ0v) is 18.0. The standard InChI is InChI=1S/C23H22F3N3O4/c1-21(2,20(30)33-14-23(24,25)26)19-22(12-13-22)18(15-8-10-17(11-9-15)29(31)32)27-28(19)16-6-4-3-5-7-16/h3-11,19H,12-14H2,1-2H3. The van der Waals surface area contributed by atoms with Crippen molar-refractivity contribution in [1.82, 2.24) is 0 Å². The predicted octanol–water partition coefficient (Wildman–Crippen LogP) is 5.10. The van der Waals surface area contributed by atoms with Crippen molar-refractivity contribution < 1.29 is 27.6 Å². The minimum atomic E-state index is -4.63. The number of carbonyl (C=O) groups is 1. The molecule has 0 N–H and O–H groups in total. The van der Waals surface area contributed by atoms with Gasteiger partial charge in [0.1, 0.15) is 0 Å². The topological polar surface area (TPSA) is 85.0 Å². The van der Waals surface area contributed by atoms with Crippen LogP contribution < -0.4 is 5.01 Å². The Morgan fingerprint density at radius 2 is 1.76 bits per heavy atom. The Balaban J connectivity index is 1.75.